The molecule has 0 unspecified atom stereocenters. The summed E-state index contributed by atoms with van der Waals surface area (Å²) in [6.45, 7) is 6.89. The zero-order valence-corrected chi connectivity index (χ0v) is 25.7. The molecule has 0 N–H and O–H groups in total. The van der Waals surface area contributed by atoms with Gasteiger partial charge in [-0.25, -0.2) is 0 Å². The molecular weight excluding hydrogens is 544 g/mol. The van der Waals surface area contributed by atoms with Crippen molar-refractivity contribution in [3.05, 3.63) is 145 Å². The number of hydrogen-bond acceptors (Lipinski definition) is 1. The molecule has 1 heterocycles. The van der Waals surface area contributed by atoms with Crippen LogP contribution in [0.2, 0.25) is 0 Å². The molecule has 8 aromatic carbocycles. The van der Waals surface area contributed by atoms with Crippen LogP contribution in [0.5, 0.6) is 0 Å². The molecule has 1 nitrogen and oxygen atoms in total. The third kappa shape index (κ3) is 4.08. The summed E-state index contributed by atoms with van der Waals surface area (Å²) in [5.74, 6) is 0. The topological polar surface area (TPSA) is 13.1 Å². The van der Waals surface area contributed by atoms with Gasteiger partial charge in [-0.05, 0) is 101 Å². The lowest BCUT2D eigenvalue weighted by atomic mass is 9.81. The fourth-order valence-corrected chi connectivity index (χ4v) is 7.19. The Labute approximate surface area is 262 Å². The van der Waals surface area contributed by atoms with Gasteiger partial charge in [0.15, 0.2) is 0 Å². The zero-order valence-electron chi connectivity index (χ0n) is 25.7. The standard InChI is InChI=1S/C44H32O/c1-44(2,3)33-23-31-18-21-36-38(28-9-5-4-6-10-28)26-39(37-22-19-32(24-33)42(31)43(36)37)29-15-13-27(14-16-29)30-17-20-35-34-11-7-8-12-40(34)45-41(35)25-30/h4-26H,1-3H3. The summed E-state index contributed by atoms with van der Waals surface area (Å²) in [6.07, 6.45) is 0. The first-order chi connectivity index (χ1) is 21.9. The van der Waals surface area contributed by atoms with E-state index in [0.717, 1.165) is 27.5 Å². The van der Waals surface area contributed by atoms with Crippen LogP contribution in [0.4, 0.5) is 0 Å². The average molecular weight is 577 g/mol. The molecule has 45 heavy (non-hydrogen) atoms. The van der Waals surface area contributed by atoms with Gasteiger partial charge in [-0.2, -0.15) is 0 Å². The minimum atomic E-state index is 0.0848. The highest BCUT2D eigenvalue weighted by Gasteiger charge is 2.20. The van der Waals surface area contributed by atoms with Crippen LogP contribution < -0.4 is 0 Å². The molecule has 9 aromatic rings. The molecule has 0 aliphatic rings. The number of rotatable bonds is 3. The Hall–Kier alpha value is -5.40. The molecule has 214 valence electrons. The van der Waals surface area contributed by atoms with Gasteiger partial charge in [0, 0.05) is 10.8 Å². The van der Waals surface area contributed by atoms with Crippen molar-refractivity contribution in [3.8, 4) is 33.4 Å². The summed E-state index contributed by atoms with van der Waals surface area (Å²) in [6, 6.07) is 51.1. The van der Waals surface area contributed by atoms with Gasteiger partial charge in [0.1, 0.15) is 11.2 Å². The van der Waals surface area contributed by atoms with E-state index in [-0.39, 0.29) is 5.41 Å². The first-order valence-electron chi connectivity index (χ1n) is 15.8. The minimum absolute atomic E-state index is 0.0848. The van der Waals surface area contributed by atoms with E-state index in [4.69, 9.17) is 4.42 Å². The number of fused-ring (bicyclic) bond motifs is 3. The lowest BCUT2D eigenvalue weighted by Crippen LogP contribution is -2.10. The fourth-order valence-electron chi connectivity index (χ4n) is 7.19. The van der Waals surface area contributed by atoms with Crippen molar-refractivity contribution in [2.45, 2.75) is 26.2 Å². The van der Waals surface area contributed by atoms with Gasteiger partial charge in [-0.3, -0.25) is 0 Å². The van der Waals surface area contributed by atoms with E-state index in [1.54, 1.807) is 0 Å². The van der Waals surface area contributed by atoms with Crippen molar-refractivity contribution < 1.29 is 4.42 Å². The Morgan fingerprint density at radius 1 is 0.400 bits per heavy atom. The summed E-state index contributed by atoms with van der Waals surface area (Å²) in [5.41, 5.74) is 10.6. The van der Waals surface area contributed by atoms with Gasteiger partial charge < -0.3 is 4.42 Å². The monoisotopic (exact) mass is 576 g/mol. The molecule has 1 aromatic heterocycles. The second-order valence-corrected chi connectivity index (χ2v) is 13.4. The van der Waals surface area contributed by atoms with E-state index < -0.39 is 0 Å². The summed E-state index contributed by atoms with van der Waals surface area (Å²) >= 11 is 0. The second-order valence-electron chi connectivity index (χ2n) is 13.4. The molecule has 9 rings (SSSR count). The lowest BCUT2D eigenvalue weighted by molar-refractivity contribution is 0.591. The van der Waals surface area contributed by atoms with Crippen molar-refractivity contribution >= 4 is 54.3 Å². The zero-order chi connectivity index (χ0) is 30.3. The van der Waals surface area contributed by atoms with Crippen molar-refractivity contribution in [1.82, 2.24) is 0 Å². The highest BCUT2D eigenvalue weighted by molar-refractivity contribution is 6.28. The maximum absolute atomic E-state index is 6.19. The summed E-state index contributed by atoms with van der Waals surface area (Å²) < 4.78 is 6.19. The predicted molar refractivity (Wildman–Crippen MR) is 192 cm³/mol. The first-order valence-corrected chi connectivity index (χ1v) is 15.8. The lowest BCUT2D eigenvalue weighted by Gasteiger charge is -2.23. The maximum Gasteiger partial charge on any atom is 0.136 e. The van der Waals surface area contributed by atoms with Crippen molar-refractivity contribution in [1.29, 1.82) is 0 Å². The van der Waals surface area contributed by atoms with Gasteiger partial charge in [0.25, 0.3) is 0 Å². The van der Waals surface area contributed by atoms with Crippen molar-refractivity contribution in [2.75, 3.05) is 0 Å². The number of para-hydroxylation sites is 1. The van der Waals surface area contributed by atoms with Gasteiger partial charge in [-0.1, -0.05) is 136 Å². The van der Waals surface area contributed by atoms with Crippen LogP contribution in [-0.4, -0.2) is 0 Å². The van der Waals surface area contributed by atoms with Gasteiger partial charge in [-0.15, -0.1) is 0 Å². The van der Waals surface area contributed by atoms with E-state index in [1.807, 2.05) is 12.1 Å². The Kier molecular flexibility index (Phi) is 5.53. The van der Waals surface area contributed by atoms with Crippen LogP contribution in [-0.2, 0) is 5.41 Å². The number of hydrogen-bond donors (Lipinski definition) is 0. The Morgan fingerprint density at radius 3 is 1.64 bits per heavy atom. The van der Waals surface area contributed by atoms with Gasteiger partial charge >= 0.3 is 0 Å². The molecule has 0 aliphatic heterocycles. The molecule has 0 fully saturated rings. The Balaban J connectivity index is 1.24. The van der Waals surface area contributed by atoms with E-state index >= 15 is 0 Å². The highest BCUT2D eigenvalue weighted by atomic mass is 16.3. The number of furan rings is 1. The Bertz CT molecular complexity index is 2520. The highest BCUT2D eigenvalue weighted by Crippen LogP contribution is 2.45. The smallest absolute Gasteiger partial charge is 0.136 e. The molecule has 0 atom stereocenters. The van der Waals surface area contributed by atoms with Crippen LogP contribution in [0, 0.1) is 0 Å². The molecule has 0 radical (unpaired) electrons. The van der Waals surface area contributed by atoms with Crippen LogP contribution in [0.15, 0.2) is 144 Å². The SMILES string of the molecule is CC(C)(C)c1cc2ccc3c(-c4ccccc4)cc(-c4ccc(-c5ccc6c(c5)oc5ccccc56)cc4)c4ccc(c1)c2c34. The predicted octanol–water partition coefficient (Wildman–Crippen LogP) is 12.8. The summed E-state index contributed by atoms with van der Waals surface area (Å²) in [5, 5.41) is 10.2. The maximum atomic E-state index is 6.19. The molecule has 0 bridgehead atoms. The van der Waals surface area contributed by atoms with Crippen LogP contribution in [0.25, 0.3) is 87.6 Å². The molecule has 0 aliphatic carbocycles. The first kappa shape index (κ1) is 26.0. The normalized spacial score (nSPS) is 12.3. The molecule has 0 saturated heterocycles. The molecule has 1 heteroatoms. The Morgan fingerprint density at radius 2 is 0.956 bits per heavy atom. The van der Waals surface area contributed by atoms with E-state index in [9.17, 15) is 0 Å². The van der Waals surface area contributed by atoms with Gasteiger partial charge in [0.05, 0.1) is 0 Å². The summed E-state index contributed by atoms with van der Waals surface area (Å²) in [7, 11) is 0. The molecule has 0 amide bonds. The van der Waals surface area contributed by atoms with E-state index in [2.05, 4.69) is 148 Å². The minimum Gasteiger partial charge on any atom is -0.456 e. The number of benzene rings is 8. The third-order valence-corrected chi connectivity index (χ3v) is 9.57. The largest absolute Gasteiger partial charge is 0.456 e. The molecule has 0 saturated carbocycles. The molecular formula is C44H32O. The molecule has 0 spiro atoms. The summed E-state index contributed by atoms with van der Waals surface area (Å²) in [4.78, 5) is 0. The van der Waals surface area contributed by atoms with E-state index in [1.165, 1.54) is 65.7 Å². The van der Waals surface area contributed by atoms with Crippen molar-refractivity contribution in [2.24, 2.45) is 0 Å². The van der Waals surface area contributed by atoms with Gasteiger partial charge in [0.2, 0.25) is 0 Å². The second kappa shape index (κ2) is 9.55. The van der Waals surface area contributed by atoms with Crippen molar-refractivity contribution in [3.63, 3.8) is 0 Å². The third-order valence-electron chi connectivity index (χ3n) is 9.57. The fraction of sp³-hybridized carbons (Fsp3) is 0.0909. The van der Waals surface area contributed by atoms with E-state index in [0.29, 0.717) is 0 Å². The van der Waals surface area contributed by atoms with Crippen LogP contribution in [0.3, 0.4) is 0 Å². The average Bonchev–Trinajstić information content (AvgIpc) is 3.45. The van der Waals surface area contributed by atoms with Crippen LogP contribution >= 0.6 is 0 Å². The quantitative estimate of drug-likeness (QED) is 0.191. The van der Waals surface area contributed by atoms with Crippen LogP contribution in [0.1, 0.15) is 26.3 Å².